The first-order valence-electron chi connectivity index (χ1n) is 3.17. The second kappa shape index (κ2) is 3.06. The largest absolute Gasteiger partial charge is 0.420 e. The number of halogens is 1. The van der Waals surface area contributed by atoms with Crippen LogP contribution in [0.25, 0.3) is 6.08 Å². The molecule has 0 saturated carbocycles. The lowest BCUT2D eigenvalue weighted by molar-refractivity contribution is 0.648. The molecule has 11 heavy (non-hydrogen) atoms. The third kappa shape index (κ3) is 1.54. The quantitative estimate of drug-likeness (QED) is 0.530. The molecule has 1 aliphatic heterocycles. The number of hydrogen-bond acceptors (Lipinski definition) is 2. The number of para-hydroxylation sites is 1. The first-order valence-corrected chi connectivity index (χ1v) is 4.99. The van der Waals surface area contributed by atoms with Gasteiger partial charge in [0, 0.05) is 5.56 Å². The van der Waals surface area contributed by atoms with Gasteiger partial charge in [-0.15, -0.1) is 0 Å². The van der Waals surface area contributed by atoms with Crippen molar-refractivity contribution in [3.05, 3.63) is 32.7 Å². The third-order valence-corrected chi connectivity index (χ3v) is 2.79. The van der Waals surface area contributed by atoms with Crippen LogP contribution in [0.15, 0.2) is 27.2 Å². The van der Waals surface area contributed by atoms with Crippen molar-refractivity contribution in [3.8, 4) is 5.75 Å². The zero-order valence-corrected chi connectivity index (χ0v) is 8.56. The minimum absolute atomic E-state index is 0.956. The molecule has 0 aromatic heterocycles. The molecule has 1 aliphatic rings. The third-order valence-electron chi connectivity index (χ3n) is 1.40. The van der Waals surface area contributed by atoms with E-state index in [-0.39, 0.29) is 0 Å². The summed E-state index contributed by atoms with van der Waals surface area (Å²) in [5.74, 6) is 0.956. The highest BCUT2D eigenvalue weighted by atomic mass is 127. The smallest absolute Gasteiger partial charge is 0.145 e. The minimum atomic E-state index is 0.956. The van der Waals surface area contributed by atoms with E-state index in [1.165, 1.54) is 15.0 Å². The molecular formula is C8H5IOS. The Labute approximate surface area is 83.2 Å². The van der Waals surface area contributed by atoms with Gasteiger partial charge in [-0.25, -0.2) is 0 Å². The molecule has 2 rings (SSSR count). The maximum Gasteiger partial charge on any atom is 0.145 e. The van der Waals surface area contributed by atoms with E-state index in [0.29, 0.717) is 0 Å². The van der Waals surface area contributed by atoms with Crippen molar-refractivity contribution in [2.24, 2.45) is 0 Å². The van der Waals surface area contributed by atoms with Gasteiger partial charge in [-0.05, 0) is 34.7 Å². The van der Waals surface area contributed by atoms with Crippen LogP contribution in [0.5, 0.6) is 5.75 Å². The van der Waals surface area contributed by atoms with Gasteiger partial charge in [-0.1, -0.05) is 18.2 Å². The predicted octanol–water partition coefficient (Wildman–Crippen LogP) is 3.46. The summed E-state index contributed by atoms with van der Waals surface area (Å²) in [6.07, 6.45) is 2.12. The van der Waals surface area contributed by atoms with Gasteiger partial charge in [0.15, 0.2) is 0 Å². The SMILES string of the molecule is IC1=Cc2ccccc2OS1. The van der Waals surface area contributed by atoms with Crippen LogP contribution in [-0.2, 0) is 0 Å². The van der Waals surface area contributed by atoms with Crippen LogP contribution in [0.2, 0.25) is 0 Å². The molecule has 0 saturated heterocycles. The average molecular weight is 276 g/mol. The normalized spacial score (nSPS) is 14.8. The van der Waals surface area contributed by atoms with Crippen molar-refractivity contribution in [1.82, 2.24) is 0 Å². The number of benzene rings is 1. The zero-order valence-electron chi connectivity index (χ0n) is 5.58. The summed E-state index contributed by atoms with van der Waals surface area (Å²) >= 11 is 3.66. The van der Waals surface area contributed by atoms with E-state index in [1.54, 1.807) is 0 Å². The van der Waals surface area contributed by atoms with Crippen LogP contribution >= 0.6 is 34.6 Å². The highest BCUT2D eigenvalue weighted by molar-refractivity contribution is 14.1. The van der Waals surface area contributed by atoms with Crippen LogP contribution in [0.1, 0.15) is 5.56 Å². The van der Waals surface area contributed by atoms with Crippen molar-refractivity contribution < 1.29 is 4.18 Å². The summed E-state index contributed by atoms with van der Waals surface area (Å²) in [5.41, 5.74) is 1.16. The maximum absolute atomic E-state index is 5.38. The fourth-order valence-corrected chi connectivity index (χ4v) is 2.01. The molecule has 0 unspecified atom stereocenters. The first kappa shape index (κ1) is 7.49. The van der Waals surface area contributed by atoms with Crippen molar-refractivity contribution in [2.75, 3.05) is 0 Å². The minimum Gasteiger partial charge on any atom is -0.420 e. The maximum atomic E-state index is 5.38. The second-order valence-electron chi connectivity index (χ2n) is 2.15. The molecular weight excluding hydrogens is 271 g/mol. The van der Waals surface area contributed by atoms with Crippen molar-refractivity contribution in [1.29, 1.82) is 0 Å². The molecule has 0 N–H and O–H groups in total. The molecule has 56 valence electrons. The fraction of sp³-hybridized carbons (Fsp3) is 0. The topological polar surface area (TPSA) is 9.23 Å². The van der Waals surface area contributed by atoms with Crippen LogP contribution < -0.4 is 4.18 Å². The molecule has 0 spiro atoms. The molecule has 0 atom stereocenters. The van der Waals surface area contributed by atoms with E-state index < -0.39 is 0 Å². The Morgan fingerprint density at radius 3 is 3.00 bits per heavy atom. The fourth-order valence-electron chi connectivity index (χ4n) is 0.907. The van der Waals surface area contributed by atoms with Gasteiger partial charge in [-0.2, -0.15) is 0 Å². The van der Waals surface area contributed by atoms with Crippen LogP contribution in [0.3, 0.4) is 0 Å². The van der Waals surface area contributed by atoms with Crippen LogP contribution in [0, 0.1) is 0 Å². The Bertz CT molecular complexity index is 309. The average Bonchev–Trinajstić information content (AvgIpc) is 2.04. The van der Waals surface area contributed by atoms with E-state index >= 15 is 0 Å². The summed E-state index contributed by atoms with van der Waals surface area (Å²) < 4.78 is 6.54. The van der Waals surface area contributed by atoms with Crippen molar-refractivity contribution >= 4 is 40.7 Å². The van der Waals surface area contributed by atoms with Crippen LogP contribution in [0.4, 0.5) is 0 Å². The predicted molar refractivity (Wildman–Crippen MR) is 56.7 cm³/mol. The Hall–Kier alpha value is -0.160. The molecule has 0 radical (unpaired) electrons. The lowest BCUT2D eigenvalue weighted by Gasteiger charge is -2.11. The Morgan fingerprint density at radius 1 is 1.27 bits per heavy atom. The summed E-state index contributed by atoms with van der Waals surface area (Å²) in [6.45, 7) is 0. The van der Waals surface area contributed by atoms with Gasteiger partial charge >= 0.3 is 0 Å². The van der Waals surface area contributed by atoms with E-state index in [9.17, 15) is 0 Å². The number of rotatable bonds is 0. The van der Waals surface area contributed by atoms with Gasteiger partial charge in [0.05, 0.1) is 15.0 Å². The monoisotopic (exact) mass is 276 g/mol. The molecule has 1 nitrogen and oxygen atoms in total. The standard InChI is InChI=1S/C8H5IOS/c9-8-5-6-3-1-2-4-7(6)10-11-8/h1-5H. The first-order chi connectivity index (χ1) is 5.36. The summed E-state index contributed by atoms with van der Waals surface area (Å²) in [5, 5.41) is 0. The molecule has 0 amide bonds. The highest BCUT2D eigenvalue weighted by Crippen LogP contribution is 2.36. The lowest BCUT2D eigenvalue weighted by Crippen LogP contribution is -1.89. The van der Waals surface area contributed by atoms with Crippen molar-refractivity contribution in [2.45, 2.75) is 0 Å². The van der Waals surface area contributed by atoms with E-state index in [0.717, 1.165) is 11.3 Å². The summed E-state index contributed by atoms with van der Waals surface area (Å²) in [6, 6.07) is 8.01. The van der Waals surface area contributed by atoms with E-state index in [4.69, 9.17) is 4.18 Å². The molecule has 0 fully saturated rings. The van der Waals surface area contributed by atoms with E-state index in [2.05, 4.69) is 28.7 Å². The van der Waals surface area contributed by atoms with Gasteiger partial charge in [0.25, 0.3) is 0 Å². The van der Waals surface area contributed by atoms with Crippen molar-refractivity contribution in [3.63, 3.8) is 0 Å². The molecule has 0 bridgehead atoms. The van der Waals surface area contributed by atoms with Crippen LogP contribution in [-0.4, -0.2) is 0 Å². The van der Waals surface area contributed by atoms with Gasteiger partial charge in [0.1, 0.15) is 5.75 Å². The summed E-state index contributed by atoms with van der Waals surface area (Å²) in [7, 11) is 0. The Morgan fingerprint density at radius 2 is 2.09 bits per heavy atom. The summed E-state index contributed by atoms with van der Waals surface area (Å²) in [4.78, 5) is 0. The van der Waals surface area contributed by atoms with E-state index in [1.807, 2.05) is 24.3 Å². The molecule has 1 aromatic carbocycles. The van der Waals surface area contributed by atoms with Gasteiger partial charge in [0.2, 0.25) is 0 Å². The molecule has 3 heteroatoms. The lowest BCUT2D eigenvalue weighted by atomic mass is 10.2. The molecule has 1 heterocycles. The number of hydrogen-bond donors (Lipinski definition) is 0. The second-order valence-corrected chi connectivity index (χ2v) is 4.82. The highest BCUT2D eigenvalue weighted by Gasteiger charge is 2.08. The molecule has 1 aromatic rings. The Kier molecular flexibility index (Phi) is 2.09. The van der Waals surface area contributed by atoms with Gasteiger partial charge < -0.3 is 4.18 Å². The Balaban J connectivity index is 2.51. The molecule has 0 aliphatic carbocycles. The zero-order chi connectivity index (χ0) is 7.68. The number of fused-ring (bicyclic) bond motifs is 1. The van der Waals surface area contributed by atoms with Gasteiger partial charge in [-0.3, -0.25) is 0 Å².